The van der Waals surface area contributed by atoms with Crippen molar-refractivity contribution in [3.63, 3.8) is 0 Å². The lowest BCUT2D eigenvalue weighted by atomic mass is 10.1. The van der Waals surface area contributed by atoms with Crippen molar-refractivity contribution in [3.8, 4) is 5.75 Å². The van der Waals surface area contributed by atoms with Gasteiger partial charge in [0.15, 0.2) is 5.58 Å². The monoisotopic (exact) mass is 304 g/mol. The first-order chi connectivity index (χ1) is 10.2. The molecule has 6 heteroatoms. The molecule has 21 heavy (non-hydrogen) atoms. The minimum absolute atomic E-state index is 0.306. The van der Waals surface area contributed by atoms with Crippen LogP contribution in [0.5, 0.6) is 5.75 Å². The maximum absolute atomic E-state index is 11.7. The Morgan fingerprint density at radius 2 is 2.24 bits per heavy atom. The highest BCUT2D eigenvalue weighted by atomic mass is 32.1. The number of fused-ring (bicyclic) bond motifs is 1. The zero-order chi connectivity index (χ0) is 15.0. The van der Waals surface area contributed by atoms with Crippen molar-refractivity contribution >= 4 is 22.4 Å². The van der Waals surface area contributed by atoms with Crippen molar-refractivity contribution in [2.24, 2.45) is 5.73 Å². The van der Waals surface area contributed by atoms with E-state index in [1.165, 1.54) is 0 Å². The molecular formula is C15H16N2O3S. The van der Waals surface area contributed by atoms with Gasteiger partial charge in [-0.15, -0.1) is 11.3 Å². The molecule has 0 radical (unpaired) electrons. The molecule has 110 valence electrons. The molecule has 1 atom stereocenters. The number of ether oxygens (including phenoxy) is 1. The third-order valence-electron chi connectivity index (χ3n) is 3.53. The van der Waals surface area contributed by atoms with E-state index in [1.54, 1.807) is 23.0 Å². The molecule has 0 amide bonds. The van der Waals surface area contributed by atoms with E-state index < -0.39 is 0 Å². The Bertz CT molecular complexity index is 831. The maximum atomic E-state index is 11.7. The number of methoxy groups -OCH3 is 1. The second kappa shape index (κ2) is 5.38. The quantitative estimate of drug-likeness (QED) is 0.804. The van der Waals surface area contributed by atoms with E-state index in [0.717, 1.165) is 21.7 Å². The van der Waals surface area contributed by atoms with Crippen molar-refractivity contribution in [1.29, 1.82) is 0 Å². The lowest BCUT2D eigenvalue weighted by molar-refractivity contribution is 0.411. The summed E-state index contributed by atoms with van der Waals surface area (Å²) in [5.41, 5.74) is 8.55. The highest BCUT2D eigenvalue weighted by Crippen LogP contribution is 2.34. The van der Waals surface area contributed by atoms with Gasteiger partial charge in [-0.3, -0.25) is 4.57 Å². The summed E-state index contributed by atoms with van der Waals surface area (Å²) in [5.74, 6) is 0.437. The second-order valence-electron chi connectivity index (χ2n) is 4.67. The molecule has 0 aliphatic carbocycles. The van der Waals surface area contributed by atoms with Crippen molar-refractivity contribution in [1.82, 2.24) is 4.57 Å². The number of nitrogens with zero attached hydrogens (tertiary/aromatic N) is 1. The van der Waals surface area contributed by atoms with E-state index in [4.69, 9.17) is 14.9 Å². The smallest absolute Gasteiger partial charge is 0.419 e. The number of hydrogen-bond donors (Lipinski definition) is 1. The molecule has 2 heterocycles. The number of oxazole rings is 1. The van der Waals surface area contributed by atoms with Crippen LogP contribution in [0.3, 0.4) is 0 Å². The summed E-state index contributed by atoms with van der Waals surface area (Å²) >= 11 is 1.55. The summed E-state index contributed by atoms with van der Waals surface area (Å²) in [6, 6.07) is 7.21. The van der Waals surface area contributed by atoms with Crippen LogP contribution in [0.25, 0.3) is 11.1 Å². The van der Waals surface area contributed by atoms with Crippen molar-refractivity contribution in [3.05, 3.63) is 50.6 Å². The molecule has 0 spiro atoms. The molecule has 2 aromatic heterocycles. The molecule has 0 aliphatic heterocycles. The summed E-state index contributed by atoms with van der Waals surface area (Å²) < 4.78 is 12.2. The van der Waals surface area contributed by atoms with Crippen molar-refractivity contribution < 1.29 is 9.15 Å². The van der Waals surface area contributed by atoms with Gasteiger partial charge in [0.2, 0.25) is 0 Å². The highest BCUT2D eigenvalue weighted by Gasteiger charge is 2.17. The lowest BCUT2D eigenvalue weighted by Crippen LogP contribution is -2.12. The Labute approximate surface area is 125 Å². The van der Waals surface area contributed by atoms with Gasteiger partial charge in [0.1, 0.15) is 5.75 Å². The van der Waals surface area contributed by atoms with Crippen LogP contribution in [0.15, 0.2) is 38.9 Å². The predicted molar refractivity (Wildman–Crippen MR) is 83.0 cm³/mol. The molecule has 0 fully saturated rings. The van der Waals surface area contributed by atoms with Gasteiger partial charge in [0.05, 0.1) is 23.5 Å². The number of nitrogens with two attached hydrogens (primary N) is 1. The second-order valence-corrected chi connectivity index (χ2v) is 5.62. The van der Waals surface area contributed by atoms with Gasteiger partial charge in [-0.05, 0) is 36.1 Å². The van der Waals surface area contributed by atoms with Gasteiger partial charge in [0.25, 0.3) is 0 Å². The van der Waals surface area contributed by atoms with Crippen LogP contribution >= 0.6 is 11.3 Å². The average molecular weight is 304 g/mol. The maximum Gasteiger partial charge on any atom is 0.419 e. The zero-order valence-corrected chi connectivity index (χ0v) is 12.6. The number of thiophene rings is 1. The Balaban J connectivity index is 2.07. The molecular weight excluding hydrogens is 288 g/mol. The average Bonchev–Trinajstić information content (AvgIpc) is 3.08. The third kappa shape index (κ3) is 2.26. The topological polar surface area (TPSA) is 70.4 Å². The van der Waals surface area contributed by atoms with Crippen LogP contribution in [0.1, 0.15) is 23.4 Å². The normalized spacial score (nSPS) is 12.7. The Morgan fingerprint density at radius 1 is 1.43 bits per heavy atom. The third-order valence-corrected chi connectivity index (χ3v) is 4.51. The summed E-state index contributed by atoms with van der Waals surface area (Å²) in [6.07, 6.45) is 0. The van der Waals surface area contributed by atoms with Gasteiger partial charge in [0, 0.05) is 6.54 Å². The van der Waals surface area contributed by atoms with E-state index >= 15 is 0 Å². The standard InChI is InChI=1S/C15H16N2O3S/c1-3-17-10-5-4-9(8-12(10)20-15(17)18)13(16)14-11(19-2)6-7-21-14/h4-8,13H,3,16H2,1-2H3. The zero-order valence-electron chi connectivity index (χ0n) is 11.8. The number of aromatic nitrogens is 1. The Kier molecular flexibility index (Phi) is 3.57. The lowest BCUT2D eigenvalue weighted by Gasteiger charge is -2.12. The van der Waals surface area contributed by atoms with Crippen molar-refractivity contribution in [2.75, 3.05) is 7.11 Å². The molecule has 1 aromatic carbocycles. The van der Waals surface area contributed by atoms with Crippen LogP contribution in [-0.2, 0) is 6.54 Å². The fourth-order valence-corrected chi connectivity index (χ4v) is 3.32. The van der Waals surface area contributed by atoms with Crippen LogP contribution in [0, 0.1) is 0 Å². The Morgan fingerprint density at radius 3 is 2.95 bits per heavy atom. The van der Waals surface area contributed by atoms with E-state index in [1.807, 2.05) is 36.6 Å². The summed E-state index contributed by atoms with van der Waals surface area (Å²) in [7, 11) is 1.63. The number of benzene rings is 1. The van der Waals surface area contributed by atoms with Gasteiger partial charge < -0.3 is 14.9 Å². The van der Waals surface area contributed by atoms with E-state index in [9.17, 15) is 4.79 Å². The summed E-state index contributed by atoms with van der Waals surface area (Å²) in [6.45, 7) is 2.49. The molecule has 2 N–H and O–H groups in total. The molecule has 0 aliphatic rings. The number of hydrogen-bond acceptors (Lipinski definition) is 5. The molecule has 3 rings (SSSR count). The van der Waals surface area contributed by atoms with E-state index in [0.29, 0.717) is 12.1 Å². The first kappa shape index (κ1) is 13.9. The van der Waals surface area contributed by atoms with Gasteiger partial charge in [-0.2, -0.15) is 0 Å². The van der Waals surface area contributed by atoms with E-state index in [-0.39, 0.29) is 11.8 Å². The van der Waals surface area contributed by atoms with Crippen molar-refractivity contribution in [2.45, 2.75) is 19.5 Å². The molecule has 0 bridgehead atoms. The first-order valence-electron chi connectivity index (χ1n) is 6.66. The molecule has 0 saturated carbocycles. The number of aryl methyl sites for hydroxylation is 1. The van der Waals surface area contributed by atoms with Crippen LogP contribution in [-0.4, -0.2) is 11.7 Å². The number of rotatable bonds is 4. The highest BCUT2D eigenvalue weighted by molar-refractivity contribution is 7.10. The fraction of sp³-hybridized carbons (Fsp3) is 0.267. The fourth-order valence-electron chi connectivity index (χ4n) is 2.43. The van der Waals surface area contributed by atoms with Crippen LogP contribution in [0.4, 0.5) is 0 Å². The Hall–Kier alpha value is -2.05. The summed E-state index contributed by atoms with van der Waals surface area (Å²) in [4.78, 5) is 12.7. The minimum Gasteiger partial charge on any atom is -0.496 e. The van der Waals surface area contributed by atoms with Gasteiger partial charge in [-0.25, -0.2) is 4.79 Å². The predicted octanol–water partition coefficient (Wildman–Crippen LogP) is 2.73. The largest absolute Gasteiger partial charge is 0.496 e. The minimum atomic E-state index is -0.341. The molecule has 3 aromatic rings. The van der Waals surface area contributed by atoms with Crippen LogP contribution < -0.4 is 16.2 Å². The molecule has 5 nitrogen and oxygen atoms in total. The van der Waals surface area contributed by atoms with Gasteiger partial charge >= 0.3 is 5.76 Å². The van der Waals surface area contributed by atoms with Gasteiger partial charge in [-0.1, -0.05) is 6.07 Å². The van der Waals surface area contributed by atoms with E-state index in [2.05, 4.69) is 0 Å². The first-order valence-corrected chi connectivity index (χ1v) is 7.54. The van der Waals surface area contributed by atoms with Crippen LogP contribution in [0.2, 0.25) is 0 Å². The molecule has 1 unspecified atom stereocenters. The molecule has 0 saturated heterocycles. The SMILES string of the molecule is CCn1c(=O)oc2cc(C(N)c3sccc3OC)ccc21. The summed E-state index contributed by atoms with van der Waals surface area (Å²) in [5, 5.41) is 1.94.